The zero-order chi connectivity index (χ0) is 14.8. The molecular weight excluding hydrogens is 256 g/mol. The third-order valence-corrected chi connectivity index (χ3v) is 4.22. The number of nitrogens with two attached hydrogens (primary N) is 1. The molecular formula is C15H20N2O3. The van der Waals surface area contributed by atoms with Crippen LogP contribution in [0.2, 0.25) is 0 Å². The molecule has 0 spiro atoms. The second kappa shape index (κ2) is 5.63. The molecule has 2 rings (SSSR count). The Bertz CT molecular complexity index is 503. The first-order valence-electron chi connectivity index (χ1n) is 6.83. The summed E-state index contributed by atoms with van der Waals surface area (Å²) in [6.07, 6.45) is 1.01. The number of amides is 1. The molecule has 0 bridgehead atoms. The molecule has 1 aliphatic rings. The van der Waals surface area contributed by atoms with Crippen LogP contribution < -0.4 is 5.73 Å². The first kappa shape index (κ1) is 14.5. The van der Waals surface area contributed by atoms with Crippen LogP contribution in [0.1, 0.15) is 31.4 Å². The largest absolute Gasteiger partial charge is 0.481 e. The van der Waals surface area contributed by atoms with Crippen molar-refractivity contribution in [2.75, 3.05) is 13.1 Å². The molecule has 0 aromatic heterocycles. The van der Waals surface area contributed by atoms with E-state index in [1.165, 1.54) is 0 Å². The van der Waals surface area contributed by atoms with Crippen molar-refractivity contribution in [2.24, 2.45) is 11.1 Å². The molecule has 3 N–H and O–H groups in total. The zero-order valence-corrected chi connectivity index (χ0v) is 11.6. The Labute approximate surface area is 118 Å². The number of hydrogen-bond donors (Lipinski definition) is 2. The smallest absolute Gasteiger partial charge is 0.311 e. The van der Waals surface area contributed by atoms with Gasteiger partial charge in [-0.05, 0) is 18.4 Å². The van der Waals surface area contributed by atoms with Crippen LogP contribution in [0.5, 0.6) is 0 Å². The van der Waals surface area contributed by atoms with Gasteiger partial charge in [-0.2, -0.15) is 0 Å². The van der Waals surface area contributed by atoms with Gasteiger partial charge in [0.2, 0.25) is 5.91 Å². The van der Waals surface area contributed by atoms with E-state index in [2.05, 4.69) is 0 Å². The Balaban J connectivity index is 2.10. The predicted octanol–water partition coefficient (Wildman–Crippen LogP) is 1.40. The number of aliphatic carboxylic acids is 1. The maximum atomic E-state index is 12.4. The number of carbonyl (C=O) groups is 2. The minimum Gasteiger partial charge on any atom is -0.481 e. The van der Waals surface area contributed by atoms with E-state index >= 15 is 0 Å². The average Bonchev–Trinajstić information content (AvgIpc) is 2.92. The Morgan fingerprint density at radius 1 is 1.40 bits per heavy atom. The van der Waals surface area contributed by atoms with Gasteiger partial charge in [0.05, 0.1) is 5.41 Å². The average molecular weight is 276 g/mol. The quantitative estimate of drug-likeness (QED) is 0.870. The monoisotopic (exact) mass is 276 g/mol. The van der Waals surface area contributed by atoms with E-state index in [1.54, 1.807) is 4.90 Å². The van der Waals surface area contributed by atoms with Gasteiger partial charge in [0.25, 0.3) is 0 Å². The zero-order valence-electron chi connectivity index (χ0n) is 11.6. The Hall–Kier alpha value is -1.88. The number of nitrogens with zero attached hydrogens (tertiary/aromatic N) is 1. The number of carbonyl (C=O) groups excluding carboxylic acids is 1. The molecule has 5 nitrogen and oxygen atoms in total. The normalized spacial score (nSPS) is 23.6. The molecule has 1 aliphatic heterocycles. The molecule has 108 valence electrons. The maximum absolute atomic E-state index is 12.4. The number of likely N-dealkylation sites (tertiary alicyclic amines) is 1. The number of benzene rings is 1. The number of carboxylic acids is 1. The van der Waals surface area contributed by atoms with Crippen LogP contribution in [0.3, 0.4) is 0 Å². The van der Waals surface area contributed by atoms with Gasteiger partial charge in [-0.1, -0.05) is 37.3 Å². The fraction of sp³-hybridized carbons (Fsp3) is 0.467. The highest BCUT2D eigenvalue weighted by Gasteiger charge is 2.45. The second-order valence-electron chi connectivity index (χ2n) is 5.34. The summed E-state index contributed by atoms with van der Waals surface area (Å²) >= 11 is 0. The van der Waals surface area contributed by atoms with Crippen LogP contribution in [-0.4, -0.2) is 35.0 Å². The lowest BCUT2D eigenvalue weighted by Crippen LogP contribution is -2.40. The summed E-state index contributed by atoms with van der Waals surface area (Å²) in [5, 5.41) is 9.35. The third-order valence-electron chi connectivity index (χ3n) is 4.22. The van der Waals surface area contributed by atoms with Gasteiger partial charge in [-0.15, -0.1) is 0 Å². The maximum Gasteiger partial charge on any atom is 0.311 e. The fourth-order valence-corrected chi connectivity index (χ4v) is 2.67. The molecule has 1 aromatic rings. The van der Waals surface area contributed by atoms with E-state index in [-0.39, 0.29) is 12.5 Å². The Morgan fingerprint density at radius 3 is 2.55 bits per heavy atom. The summed E-state index contributed by atoms with van der Waals surface area (Å²) in [4.78, 5) is 25.4. The molecule has 0 saturated carbocycles. The number of carboxylic acid groups (broad SMARTS) is 1. The SMILES string of the molecule is CCC1(C(=O)O)CCN(C(=O)[C@@H](N)c2ccccc2)C1. The van der Waals surface area contributed by atoms with Crippen LogP contribution >= 0.6 is 0 Å². The van der Waals surface area contributed by atoms with Crippen LogP contribution in [0.25, 0.3) is 0 Å². The first-order valence-corrected chi connectivity index (χ1v) is 6.83. The van der Waals surface area contributed by atoms with Gasteiger partial charge in [0.15, 0.2) is 0 Å². The van der Waals surface area contributed by atoms with Crippen molar-refractivity contribution in [3.8, 4) is 0 Å². The second-order valence-corrected chi connectivity index (χ2v) is 5.34. The van der Waals surface area contributed by atoms with E-state index in [0.717, 1.165) is 5.56 Å². The standard InChI is InChI=1S/C15H20N2O3/c1-2-15(14(19)20)8-9-17(10-15)13(18)12(16)11-6-4-3-5-7-11/h3-7,12H,2,8-10,16H2,1H3,(H,19,20)/t12-,15?/m0/s1. The molecule has 0 radical (unpaired) electrons. The van der Waals surface area contributed by atoms with Crippen molar-refractivity contribution >= 4 is 11.9 Å². The Morgan fingerprint density at radius 2 is 2.05 bits per heavy atom. The van der Waals surface area contributed by atoms with Crippen molar-refractivity contribution in [3.63, 3.8) is 0 Å². The van der Waals surface area contributed by atoms with E-state index in [1.807, 2.05) is 37.3 Å². The number of hydrogen-bond acceptors (Lipinski definition) is 3. The number of rotatable bonds is 4. The first-order chi connectivity index (χ1) is 9.50. The van der Waals surface area contributed by atoms with Gasteiger partial charge >= 0.3 is 5.97 Å². The molecule has 2 atom stereocenters. The summed E-state index contributed by atoms with van der Waals surface area (Å²) in [7, 11) is 0. The minimum atomic E-state index is -0.830. The summed E-state index contributed by atoms with van der Waals surface area (Å²) < 4.78 is 0. The van der Waals surface area contributed by atoms with Crippen LogP contribution in [0.4, 0.5) is 0 Å². The molecule has 1 saturated heterocycles. The molecule has 1 fully saturated rings. The molecule has 1 unspecified atom stereocenters. The lowest BCUT2D eigenvalue weighted by atomic mass is 9.84. The summed E-state index contributed by atoms with van der Waals surface area (Å²) in [6.45, 7) is 2.55. The summed E-state index contributed by atoms with van der Waals surface area (Å²) in [5.41, 5.74) is 5.92. The molecule has 1 heterocycles. The molecule has 1 amide bonds. The predicted molar refractivity (Wildman–Crippen MR) is 74.9 cm³/mol. The molecule has 20 heavy (non-hydrogen) atoms. The minimum absolute atomic E-state index is 0.201. The van der Waals surface area contributed by atoms with Crippen LogP contribution in [0, 0.1) is 5.41 Å². The van der Waals surface area contributed by atoms with Crippen LogP contribution in [-0.2, 0) is 9.59 Å². The Kier molecular flexibility index (Phi) is 4.09. The van der Waals surface area contributed by atoms with Crippen molar-refractivity contribution in [1.82, 2.24) is 4.90 Å². The lowest BCUT2D eigenvalue weighted by molar-refractivity contribution is -0.148. The fourth-order valence-electron chi connectivity index (χ4n) is 2.67. The van der Waals surface area contributed by atoms with E-state index < -0.39 is 17.4 Å². The van der Waals surface area contributed by atoms with E-state index in [9.17, 15) is 14.7 Å². The van der Waals surface area contributed by atoms with Crippen LogP contribution in [0.15, 0.2) is 30.3 Å². The van der Waals surface area contributed by atoms with Gasteiger partial charge < -0.3 is 15.7 Å². The van der Waals surface area contributed by atoms with Gasteiger partial charge in [0, 0.05) is 13.1 Å². The van der Waals surface area contributed by atoms with Gasteiger partial charge in [-0.25, -0.2) is 0 Å². The van der Waals surface area contributed by atoms with E-state index in [4.69, 9.17) is 5.73 Å². The molecule has 0 aliphatic carbocycles. The van der Waals surface area contributed by atoms with Crippen molar-refractivity contribution in [1.29, 1.82) is 0 Å². The van der Waals surface area contributed by atoms with E-state index in [0.29, 0.717) is 19.4 Å². The highest BCUT2D eigenvalue weighted by atomic mass is 16.4. The molecule has 5 heteroatoms. The van der Waals surface area contributed by atoms with Crippen molar-refractivity contribution in [2.45, 2.75) is 25.8 Å². The van der Waals surface area contributed by atoms with Gasteiger partial charge in [0.1, 0.15) is 6.04 Å². The third kappa shape index (κ3) is 2.54. The summed E-state index contributed by atoms with van der Waals surface area (Å²) in [6, 6.07) is 8.42. The van der Waals surface area contributed by atoms with Crippen molar-refractivity contribution < 1.29 is 14.7 Å². The highest BCUT2D eigenvalue weighted by molar-refractivity contribution is 5.85. The molecule has 1 aromatic carbocycles. The summed E-state index contributed by atoms with van der Waals surface area (Å²) in [5.74, 6) is -1.03. The van der Waals surface area contributed by atoms with Gasteiger partial charge in [-0.3, -0.25) is 9.59 Å². The lowest BCUT2D eigenvalue weighted by Gasteiger charge is -2.25. The topological polar surface area (TPSA) is 83.6 Å². The van der Waals surface area contributed by atoms with Crippen molar-refractivity contribution in [3.05, 3.63) is 35.9 Å². The highest BCUT2D eigenvalue weighted by Crippen LogP contribution is 2.35.